The predicted octanol–water partition coefficient (Wildman–Crippen LogP) is 2.47. The Morgan fingerprint density at radius 2 is 2.00 bits per heavy atom. The standard InChI is InChI=1S/C17H17F2N3O/c18-12-7-11(8-13(19)9-12)17-15(4-5-16(23)22-17)21-10-14-3-1-2-6-20-14/h1-3,6-9,15,17,21H,4-5,10H2,(H,22,23)/t15-,17+/m1/s1. The minimum absolute atomic E-state index is 0.115. The number of hydrogen-bond donors (Lipinski definition) is 2. The van der Waals surface area contributed by atoms with Crippen molar-refractivity contribution < 1.29 is 13.6 Å². The molecule has 0 aliphatic carbocycles. The molecular weight excluding hydrogens is 300 g/mol. The Morgan fingerprint density at radius 3 is 2.70 bits per heavy atom. The van der Waals surface area contributed by atoms with Gasteiger partial charge in [-0.25, -0.2) is 8.78 Å². The van der Waals surface area contributed by atoms with Gasteiger partial charge in [0.15, 0.2) is 0 Å². The number of benzene rings is 1. The van der Waals surface area contributed by atoms with Crippen molar-refractivity contribution in [1.82, 2.24) is 15.6 Å². The number of halogens is 2. The van der Waals surface area contributed by atoms with E-state index in [4.69, 9.17) is 0 Å². The van der Waals surface area contributed by atoms with Crippen molar-refractivity contribution in [2.75, 3.05) is 0 Å². The van der Waals surface area contributed by atoms with Crippen LogP contribution in [0.15, 0.2) is 42.6 Å². The van der Waals surface area contributed by atoms with Crippen LogP contribution in [-0.2, 0) is 11.3 Å². The average Bonchev–Trinajstić information content (AvgIpc) is 2.54. The van der Waals surface area contributed by atoms with Crippen molar-refractivity contribution in [3.63, 3.8) is 0 Å². The summed E-state index contributed by atoms with van der Waals surface area (Å²) in [7, 11) is 0. The maximum absolute atomic E-state index is 13.5. The molecule has 0 radical (unpaired) electrons. The zero-order chi connectivity index (χ0) is 16.2. The molecule has 0 bridgehead atoms. The first-order valence-electron chi connectivity index (χ1n) is 7.50. The molecule has 1 fully saturated rings. The number of pyridine rings is 1. The number of rotatable bonds is 4. The van der Waals surface area contributed by atoms with Crippen molar-refractivity contribution in [1.29, 1.82) is 0 Å². The van der Waals surface area contributed by atoms with Crippen LogP contribution in [-0.4, -0.2) is 16.9 Å². The molecule has 1 aliphatic heterocycles. The first kappa shape index (κ1) is 15.6. The van der Waals surface area contributed by atoms with Gasteiger partial charge >= 0.3 is 0 Å². The van der Waals surface area contributed by atoms with Crippen molar-refractivity contribution in [2.24, 2.45) is 0 Å². The highest BCUT2D eigenvalue weighted by molar-refractivity contribution is 5.77. The van der Waals surface area contributed by atoms with E-state index in [0.29, 0.717) is 24.9 Å². The molecule has 0 spiro atoms. The number of carbonyl (C=O) groups excluding carboxylic acids is 1. The summed E-state index contributed by atoms with van der Waals surface area (Å²) in [5.41, 5.74) is 1.29. The minimum atomic E-state index is -0.650. The number of carbonyl (C=O) groups is 1. The lowest BCUT2D eigenvalue weighted by Gasteiger charge is -2.33. The van der Waals surface area contributed by atoms with Crippen LogP contribution in [0.1, 0.15) is 30.1 Å². The smallest absolute Gasteiger partial charge is 0.220 e. The Kier molecular flexibility index (Phi) is 4.62. The molecule has 1 saturated heterocycles. The van der Waals surface area contributed by atoms with Gasteiger partial charge in [-0.15, -0.1) is 0 Å². The normalized spacial score (nSPS) is 21.0. The van der Waals surface area contributed by atoms with Crippen molar-refractivity contribution in [3.8, 4) is 0 Å². The molecule has 1 amide bonds. The third kappa shape index (κ3) is 3.90. The van der Waals surface area contributed by atoms with Gasteiger partial charge in [0.25, 0.3) is 0 Å². The van der Waals surface area contributed by atoms with E-state index in [9.17, 15) is 13.6 Å². The van der Waals surface area contributed by atoms with Crippen molar-refractivity contribution in [3.05, 3.63) is 65.5 Å². The number of nitrogens with zero attached hydrogens (tertiary/aromatic N) is 1. The summed E-state index contributed by atoms with van der Waals surface area (Å²) in [6, 6.07) is 8.38. The summed E-state index contributed by atoms with van der Waals surface area (Å²) < 4.78 is 26.9. The monoisotopic (exact) mass is 317 g/mol. The Hall–Kier alpha value is -2.34. The predicted molar refractivity (Wildman–Crippen MR) is 81.3 cm³/mol. The van der Waals surface area contributed by atoms with E-state index in [-0.39, 0.29) is 11.9 Å². The maximum Gasteiger partial charge on any atom is 0.220 e. The van der Waals surface area contributed by atoms with Gasteiger partial charge in [0.2, 0.25) is 5.91 Å². The lowest BCUT2D eigenvalue weighted by Crippen LogP contribution is -2.48. The van der Waals surface area contributed by atoms with Gasteiger partial charge in [-0.1, -0.05) is 6.07 Å². The number of amides is 1. The molecule has 3 rings (SSSR count). The van der Waals surface area contributed by atoms with E-state index >= 15 is 0 Å². The molecule has 0 saturated carbocycles. The molecule has 0 unspecified atom stereocenters. The summed E-state index contributed by atoms with van der Waals surface area (Å²) >= 11 is 0. The van der Waals surface area contributed by atoms with Crippen LogP contribution in [0.3, 0.4) is 0 Å². The van der Waals surface area contributed by atoms with E-state index in [1.165, 1.54) is 12.1 Å². The van der Waals surface area contributed by atoms with Gasteiger partial charge in [0.1, 0.15) is 11.6 Å². The fourth-order valence-corrected chi connectivity index (χ4v) is 2.83. The molecule has 23 heavy (non-hydrogen) atoms. The highest BCUT2D eigenvalue weighted by Crippen LogP contribution is 2.26. The number of hydrogen-bond acceptors (Lipinski definition) is 3. The van der Waals surface area contributed by atoms with Gasteiger partial charge < -0.3 is 10.6 Å². The summed E-state index contributed by atoms with van der Waals surface area (Å²) in [4.78, 5) is 15.9. The Bertz CT molecular complexity index is 673. The molecule has 2 aromatic rings. The zero-order valence-electron chi connectivity index (χ0n) is 12.4. The second-order valence-corrected chi connectivity index (χ2v) is 5.60. The van der Waals surface area contributed by atoms with E-state index < -0.39 is 17.7 Å². The third-order valence-electron chi connectivity index (χ3n) is 3.92. The van der Waals surface area contributed by atoms with E-state index in [1.807, 2.05) is 18.2 Å². The summed E-state index contributed by atoms with van der Waals surface area (Å²) in [6.07, 6.45) is 2.69. The second kappa shape index (κ2) is 6.83. The maximum atomic E-state index is 13.5. The number of aromatic nitrogens is 1. The first-order chi connectivity index (χ1) is 11.1. The zero-order valence-corrected chi connectivity index (χ0v) is 12.4. The highest BCUT2D eigenvalue weighted by Gasteiger charge is 2.30. The number of nitrogens with one attached hydrogen (secondary N) is 2. The van der Waals surface area contributed by atoms with Crippen LogP contribution in [0.5, 0.6) is 0 Å². The molecule has 4 nitrogen and oxygen atoms in total. The van der Waals surface area contributed by atoms with E-state index in [0.717, 1.165) is 11.8 Å². The van der Waals surface area contributed by atoms with Crippen LogP contribution in [0, 0.1) is 11.6 Å². The second-order valence-electron chi connectivity index (χ2n) is 5.60. The van der Waals surface area contributed by atoms with Crippen LogP contribution in [0.25, 0.3) is 0 Å². The van der Waals surface area contributed by atoms with Crippen LogP contribution in [0.4, 0.5) is 8.78 Å². The topological polar surface area (TPSA) is 54.0 Å². The molecule has 2 heterocycles. The molecule has 2 N–H and O–H groups in total. The largest absolute Gasteiger partial charge is 0.348 e. The lowest BCUT2D eigenvalue weighted by atomic mass is 9.91. The average molecular weight is 317 g/mol. The van der Waals surface area contributed by atoms with Gasteiger partial charge in [-0.2, -0.15) is 0 Å². The Morgan fingerprint density at radius 1 is 1.22 bits per heavy atom. The highest BCUT2D eigenvalue weighted by atomic mass is 19.1. The summed E-state index contributed by atoms with van der Waals surface area (Å²) in [5, 5.41) is 6.14. The fourth-order valence-electron chi connectivity index (χ4n) is 2.83. The van der Waals surface area contributed by atoms with E-state index in [2.05, 4.69) is 15.6 Å². The van der Waals surface area contributed by atoms with E-state index in [1.54, 1.807) is 6.20 Å². The fraction of sp³-hybridized carbons (Fsp3) is 0.294. The SMILES string of the molecule is O=C1CC[C@@H](NCc2ccccn2)[C@H](c2cc(F)cc(F)c2)N1. The van der Waals surface area contributed by atoms with Gasteiger partial charge in [0, 0.05) is 31.3 Å². The van der Waals surface area contributed by atoms with Crippen molar-refractivity contribution in [2.45, 2.75) is 31.5 Å². The minimum Gasteiger partial charge on any atom is -0.348 e. The third-order valence-corrected chi connectivity index (χ3v) is 3.92. The molecule has 1 aliphatic rings. The summed E-state index contributed by atoms with van der Waals surface area (Å²) in [6.45, 7) is 0.523. The van der Waals surface area contributed by atoms with Gasteiger partial charge in [-0.05, 0) is 36.2 Å². The van der Waals surface area contributed by atoms with Gasteiger partial charge in [0.05, 0.1) is 11.7 Å². The first-order valence-corrected chi connectivity index (χ1v) is 7.50. The quantitative estimate of drug-likeness (QED) is 0.911. The van der Waals surface area contributed by atoms with Crippen LogP contribution >= 0.6 is 0 Å². The van der Waals surface area contributed by atoms with Crippen LogP contribution < -0.4 is 10.6 Å². The summed E-state index contributed by atoms with van der Waals surface area (Å²) in [5.74, 6) is -1.41. The molecular formula is C17H17F2N3O. The number of piperidine rings is 1. The molecule has 120 valence electrons. The lowest BCUT2D eigenvalue weighted by molar-refractivity contribution is -0.123. The molecule has 1 aromatic carbocycles. The van der Waals surface area contributed by atoms with Crippen molar-refractivity contribution >= 4 is 5.91 Å². The molecule has 1 aromatic heterocycles. The molecule has 6 heteroatoms. The molecule has 2 atom stereocenters. The Labute approximate surface area is 132 Å². The van der Waals surface area contributed by atoms with Gasteiger partial charge in [-0.3, -0.25) is 9.78 Å². The van der Waals surface area contributed by atoms with Crippen LogP contribution in [0.2, 0.25) is 0 Å². The Balaban J connectivity index is 1.77.